The molecule has 3 heterocycles. The molecule has 0 atom stereocenters. The van der Waals surface area contributed by atoms with E-state index >= 15 is 0 Å². The molecular weight excluding hydrogens is 415 g/mol. The summed E-state index contributed by atoms with van der Waals surface area (Å²) in [4.78, 5) is 18.8. The fraction of sp³-hybridized carbons (Fsp3) is 0.577. The number of halogens is 1. The van der Waals surface area contributed by atoms with E-state index in [1.807, 2.05) is 19.9 Å². The highest BCUT2D eigenvalue weighted by Gasteiger charge is 2.28. The Morgan fingerprint density at radius 1 is 1.15 bits per heavy atom. The van der Waals surface area contributed by atoms with Crippen LogP contribution in [0.2, 0.25) is 0 Å². The molecule has 1 aliphatic carbocycles. The van der Waals surface area contributed by atoms with Crippen LogP contribution in [0.4, 0.5) is 10.2 Å². The predicted octanol–water partition coefficient (Wildman–Crippen LogP) is 4.77. The van der Waals surface area contributed by atoms with Gasteiger partial charge in [0.15, 0.2) is 0 Å². The average Bonchev–Trinajstić information content (AvgIpc) is 3.44. The van der Waals surface area contributed by atoms with Crippen LogP contribution in [0.1, 0.15) is 68.7 Å². The van der Waals surface area contributed by atoms with Gasteiger partial charge in [0, 0.05) is 49.6 Å². The summed E-state index contributed by atoms with van der Waals surface area (Å²) >= 11 is 0. The maximum atomic E-state index is 13.6. The largest absolute Gasteiger partial charge is 0.356 e. The van der Waals surface area contributed by atoms with Crippen LogP contribution in [0.5, 0.6) is 0 Å². The van der Waals surface area contributed by atoms with Crippen molar-refractivity contribution in [3.05, 3.63) is 52.8 Å². The highest BCUT2D eigenvalue weighted by molar-refractivity contribution is 5.63. The van der Waals surface area contributed by atoms with Gasteiger partial charge in [0.1, 0.15) is 18.0 Å². The van der Waals surface area contributed by atoms with Gasteiger partial charge < -0.3 is 14.4 Å². The number of nitrogens with zero attached hydrogens (tertiary/aromatic N) is 6. The number of fused-ring (bicyclic) bond motifs is 1. The Morgan fingerprint density at radius 2 is 1.91 bits per heavy atom. The third kappa shape index (κ3) is 5.35. The molecule has 0 radical (unpaired) electrons. The van der Waals surface area contributed by atoms with Crippen LogP contribution in [0.25, 0.3) is 5.57 Å². The number of anilines is 1. The second-order valence-electron chi connectivity index (χ2n) is 9.76. The second-order valence-corrected chi connectivity index (χ2v) is 9.76. The highest BCUT2D eigenvalue weighted by Crippen LogP contribution is 2.34. The molecule has 0 spiro atoms. The van der Waals surface area contributed by atoms with Crippen LogP contribution in [0.3, 0.4) is 0 Å². The lowest BCUT2D eigenvalue weighted by Crippen LogP contribution is -2.35. The van der Waals surface area contributed by atoms with Gasteiger partial charge in [-0.05, 0) is 78.1 Å². The lowest BCUT2D eigenvalue weighted by atomic mass is 9.95. The van der Waals surface area contributed by atoms with Gasteiger partial charge in [0.2, 0.25) is 0 Å². The van der Waals surface area contributed by atoms with Gasteiger partial charge in [-0.3, -0.25) is 0 Å². The molecule has 178 valence electrons. The SMILES string of the molecule is C/C(=C\C(C)=C(/C)F)c1cn(CCN(C)C)c(C2CCN(c3ncnc4c3CCC4)CC2)n1. The van der Waals surface area contributed by atoms with Crippen LogP contribution in [0, 0.1) is 0 Å². The molecule has 0 N–H and O–H groups in total. The summed E-state index contributed by atoms with van der Waals surface area (Å²) in [6, 6.07) is 0. The molecule has 7 heteroatoms. The third-order valence-electron chi connectivity index (χ3n) is 6.99. The zero-order valence-electron chi connectivity index (χ0n) is 20.7. The summed E-state index contributed by atoms with van der Waals surface area (Å²) in [7, 11) is 4.19. The van der Waals surface area contributed by atoms with Crippen molar-refractivity contribution in [2.45, 2.75) is 65.3 Å². The minimum Gasteiger partial charge on any atom is -0.356 e. The van der Waals surface area contributed by atoms with Crippen LogP contribution >= 0.6 is 0 Å². The molecule has 0 saturated carbocycles. The molecule has 1 fully saturated rings. The Kier molecular flexibility index (Phi) is 7.27. The van der Waals surface area contributed by atoms with Gasteiger partial charge in [-0.15, -0.1) is 0 Å². The Morgan fingerprint density at radius 3 is 2.61 bits per heavy atom. The Balaban J connectivity index is 1.54. The van der Waals surface area contributed by atoms with Crippen LogP contribution in [0.15, 0.2) is 30.0 Å². The zero-order chi connectivity index (χ0) is 23.5. The van der Waals surface area contributed by atoms with E-state index in [0.717, 1.165) is 74.8 Å². The fourth-order valence-electron chi connectivity index (χ4n) is 4.90. The van der Waals surface area contributed by atoms with Gasteiger partial charge in [-0.2, -0.15) is 0 Å². The van der Waals surface area contributed by atoms with Gasteiger partial charge in [-0.1, -0.05) is 6.08 Å². The van der Waals surface area contributed by atoms with Gasteiger partial charge in [0.25, 0.3) is 0 Å². The third-order valence-corrected chi connectivity index (χ3v) is 6.99. The Hall–Kier alpha value is -2.54. The van der Waals surface area contributed by atoms with Gasteiger partial charge in [-0.25, -0.2) is 19.3 Å². The van der Waals surface area contributed by atoms with E-state index in [4.69, 9.17) is 4.98 Å². The summed E-state index contributed by atoms with van der Waals surface area (Å²) in [5, 5.41) is 0. The molecule has 0 bridgehead atoms. The Labute approximate surface area is 197 Å². The first-order valence-electron chi connectivity index (χ1n) is 12.1. The first-order chi connectivity index (χ1) is 15.8. The van der Waals surface area contributed by atoms with Crippen molar-refractivity contribution in [2.75, 3.05) is 38.6 Å². The number of piperidine rings is 1. The molecular formula is C26H37FN6. The molecule has 33 heavy (non-hydrogen) atoms. The van der Waals surface area contributed by atoms with Crippen molar-refractivity contribution in [1.82, 2.24) is 24.4 Å². The summed E-state index contributed by atoms with van der Waals surface area (Å²) in [5.41, 5.74) is 5.20. The minimum absolute atomic E-state index is 0.148. The first-order valence-corrected chi connectivity index (χ1v) is 12.1. The molecule has 0 unspecified atom stereocenters. The van der Waals surface area contributed by atoms with E-state index in [1.165, 1.54) is 24.6 Å². The number of aryl methyl sites for hydroxylation is 1. The summed E-state index contributed by atoms with van der Waals surface area (Å²) in [6.45, 7) is 9.17. The number of aromatic nitrogens is 4. The number of imidazole rings is 1. The topological polar surface area (TPSA) is 50.1 Å². The molecule has 2 aromatic heterocycles. The fourth-order valence-corrected chi connectivity index (χ4v) is 4.90. The number of likely N-dealkylation sites (N-methyl/N-ethyl adjacent to an activating group) is 1. The summed E-state index contributed by atoms with van der Waals surface area (Å²) in [5.74, 6) is 2.57. The van der Waals surface area contributed by atoms with Gasteiger partial charge in [0.05, 0.1) is 11.5 Å². The number of allylic oxidation sites excluding steroid dienone is 4. The normalized spacial score (nSPS) is 18.2. The zero-order valence-corrected chi connectivity index (χ0v) is 20.7. The maximum absolute atomic E-state index is 13.6. The molecule has 4 rings (SSSR count). The van der Waals surface area contributed by atoms with Crippen LogP contribution in [-0.2, 0) is 19.4 Å². The van der Waals surface area contributed by atoms with Crippen molar-refractivity contribution >= 4 is 11.4 Å². The standard InChI is InChI=1S/C26H37FN6/c1-18(20(3)27)15-19(2)24-16-33(14-13-31(4)5)25(30-24)21-9-11-32(12-10-21)26-22-7-6-8-23(22)28-17-29-26/h15-17,21H,6-14H2,1-5H3/b19-15+,20-18+. The summed E-state index contributed by atoms with van der Waals surface area (Å²) in [6.07, 6.45) is 11.3. The van der Waals surface area contributed by atoms with Crippen molar-refractivity contribution in [1.29, 1.82) is 0 Å². The molecule has 6 nitrogen and oxygen atoms in total. The molecule has 2 aliphatic rings. The average molecular weight is 453 g/mol. The quantitative estimate of drug-likeness (QED) is 0.566. The van der Waals surface area contributed by atoms with Crippen molar-refractivity contribution < 1.29 is 4.39 Å². The van der Waals surface area contributed by atoms with Crippen molar-refractivity contribution in [3.8, 4) is 0 Å². The van der Waals surface area contributed by atoms with Crippen molar-refractivity contribution in [3.63, 3.8) is 0 Å². The van der Waals surface area contributed by atoms with E-state index in [1.54, 1.807) is 6.33 Å². The van der Waals surface area contributed by atoms with E-state index in [-0.39, 0.29) is 5.83 Å². The highest BCUT2D eigenvalue weighted by atomic mass is 19.1. The van der Waals surface area contributed by atoms with Gasteiger partial charge >= 0.3 is 0 Å². The number of hydrogen-bond acceptors (Lipinski definition) is 5. The molecule has 1 saturated heterocycles. The first kappa shape index (κ1) is 23.6. The van der Waals surface area contributed by atoms with Crippen LogP contribution < -0.4 is 4.90 Å². The maximum Gasteiger partial charge on any atom is 0.135 e. The lowest BCUT2D eigenvalue weighted by Gasteiger charge is -2.33. The minimum atomic E-state index is -0.148. The van der Waals surface area contributed by atoms with Crippen molar-refractivity contribution in [2.24, 2.45) is 0 Å². The summed E-state index contributed by atoms with van der Waals surface area (Å²) < 4.78 is 15.9. The number of rotatable bonds is 7. The van der Waals surface area contributed by atoms with E-state index in [9.17, 15) is 4.39 Å². The smallest absolute Gasteiger partial charge is 0.135 e. The van der Waals surface area contributed by atoms with E-state index in [0.29, 0.717) is 11.5 Å². The second kappa shape index (κ2) is 10.2. The Bertz CT molecular complexity index is 1040. The molecule has 2 aromatic rings. The van der Waals surface area contributed by atoms with E-state index < -0.39 is 0 Å². The number of hydrogen-bond donors (Lipinski definition) is 0. The van der Waals surface area contributed by atoms with E-state index in [2.05, 4.69) is 44.6 Å². The molecule has 0 amide bonds. The van der Waals surface area contributed by atoms with Crippen LogP contribution in [-0.4, -0.2) is 58.1 Å². The molecule has 1 aliphatic heterocycles. The lowest BCUT2D eigenvalue weighted by molar-refractivity contribution is 0.372. The molecule has 0 aromatic carbocycles. The predicted molar refractivity (Wildman–Crippen MR) is 132 cm³/mol. The monoisotopic (exact) mass is 452 g/mol.